The smallest absolute Gasteiger partial charge is 0.0568 e. The minimum Gasteiger partial charge on any atom is -0.330 e. The van der Waals surface area contributed by atoms with E-state index in [2.05, 4.69) is 11.3 Å². The Morgan fingerprint density at radius 1 is 1.33 bits per heavy atom. The summed E-state index contributed by atoms with van der Waals surface area (Å²) in [6.45, 7) is 3.16. The van der Waals surface area contributed by atoms with Gasteiger partial charge in [-0.1, -0.05) is 37.1 Å². The molecule has 0 aliphatic heterocycles. The minimum atomic E-state index is -2.22. The van der Waals surface area contributed by atoms with Gasteiger partial charge >= 0.3 is 0 Å². The van der Waals surface area contributed by atoms with E-state index in [9.17, 15) is 4.21 Å². The topological polar surface area (TPSA) is 55.5 Å². The van der Waals surface area contributed by atoms with E-state index in [0.717, 1.165) is 18.4 Å². The fourth-order valence-electron chi connectivity index (χ4n) is 1.60. The molecule has 0 amide bonds. The first-order valence-electron chi connectivity index (χ1n) is 6.22. The third-order valence-electron chi connectivity index (χ3n) is 2.58. The summed E-state index contributed by atoms with van der Waals surface area (Å²) in [5, 5.41) is 0.687. The Bertz CT molecular complexity index is 464. The first kappa shape index (κ1) is 15.5. The lowest BCUT2D eigenvalue weighted by Gasteiger charge is -2.09. The van der Waals surface area contributed by atoms with Gasteiger partial charge in [-0.3, -0.25) is 0 Å². The molecule has 0 radical (unpaired) electrons. The van der Waals surface area contributed by atoms with Crippen molar-refractivity contribution in [2.24, 2.45) is 10.1 Å². The van der Waals surface area contributed by atoms with Crippen LogP contribution in [0.1, 0.15) is 25.3 Å². The van der Waals surface area contributed by atoms with Gasteiger partial charge in [0.2, 0.25) is 0 Å². The van der Waals surface area contributed by atoms with Gasteiger partial charge in [0, 0.05) is 23.9 Å². The molecule has 0 saturated heterocycles. The molecule has 18 heavy (non-hydrogen) atoms. The van der Waals surface area contributed by atoms with Crippen LogP contribution in [0.25, 0.3) is 0 Å². The third-order valence-corrected chi connectivity index (χ3v) is 5.14. The number of hydrogen-bond donors (Lipinski definition) is 1. The highest BCUT2D eigenvalue weighted by atomic mass is 35.5. The molecular weight excluding hydrogens is 268 g/mol. The number of unbranched alkanes of at least 4 members (excludes halogenated alkanes) is 1. The van der Waals surface area contributed by atoms with Gasteiger partial charge in [-0.05, 0) is 24.1 Å². The van der Waals surface area contributed by atoms with E-state index in [0.29, 0.717) is 29.6 Å². The summed E-state index contributed by atoms with van der Waals surface area (Å²) < 4.78 is 17.0. The lowest BCUT2D eigenvalue weighted by atomic mass is 10.2. The molecule has 0 saturated carbocycles. The molecule has 1 aromatic rings. The van der Waals surface area contributed by atoms with Crippen LogP contribution in [0.4, 0.5) is 0 Å². The molecule has 1 atom stereocenters. The monoisotopic (exact) mass is 288 g/mol. The highest BCUT2D eigenvalue weighted by molar-refractivity contribution is 7.92. The van der Waals surface area contributed by atoms with Gasteiger partial charge in [-0.15, -0.1) is 0 Å². The summed E-state index contributed by atoms with van der Waals surface area (Å²) >= 11 is 5.83. The lowest BCUT2D eigenvalue weighted by Crippen LogP contribution is -2.17. The standard InChI is InChI=1S/C13H21ClN2OS/c1-2-3-9-16-18(17,10-8-15)11-12-4-6-13(14)7-5-12/h4-7H,2-3,8-11,15H2,1H3. The summed E-state index contributed by atoms with van der Waals surface area (Å²) in [5.41, 5.74) is 6.53. The Hall–Kier alpha value is -0.580. The van der Waals surface area contributed by atoms with Crippen LogP contribution in [0.15, 0.2) is 28.6 Å². The first-order valence-corrected chi connectivity index (χ1v) is 8.45. The van der Waals surface area contributed by atoms with E-state index < -0.39 is 9.73 Å². The maximum absolute atomic E-state index is 12.6. The van der Waals surface area contributed by atoms with Gasteiger partial charge in [0.05, 0.1) is 15.5 Å². The Kier molecular flexibility index (Phi) is 6.68. The number of nitrogens with two attached hydrogens (primary N) is 1. The van der Waals surface area contributed by atoms with Crippen LogP contribution in [0.3, 0.4) is 0 Å². The van der Waals surface area contributed by atoms with E-state index in [4.69, 9.17) is 17.3 Å². The third kappa shape index (κ3) is 5.38. The molecule has 2 N–H and O–H groups in total. The van der Waals surface area contributed by atoms with Gasteiger partial charge in [0.1, 0.15) is 0 Å². The molecule has 0 bridgehead atoms. The number of rotatable bonds is 7. The fourth-order valence-corrected chi connectivity index (χ4v) is 3.63. The molecule has 1 rings (SSSR count). The Labute approximate surface area is 115 Å². The molecule has 0 aromatic heterocycles. The van der Waals surface area contributed by atoms with Crippen molar-refractivity contribution in [2.75, 3.05) is 18.8 Å². The maximum atomic E-state index is 12.6. The second-order valence-corrected chi connectivity index (χ2v) is 7.18. The van der Waals surface area contributed by atoms with Crippen molar-refractivity contribution in [1.29, 1.82) is 0 Å². The zero-order valence-corrected chi connectivity index (χ0v) is 12.3. The van der Waals surface area contributed by atoms with Crippen LogP contribution < -0.4 is 5.73 Å². The highest BCUT2D eigenvalue weighted by Crippen LogP contribution is 2.14. The van der Waals surface area contributed by atoms with Crippen LogP contribution >= 0.6 is 11.6 Å². The molecule has 102 valence electrons. The average Bonchev–Trinajstić information content (AvgIpc) is 2.33. The zero-order chi connectivity index (χ0) is 13.4. The van der Waals surface area contributed by atoms with Gasteiger partial charge in [-0.25, -0.2) is 8.57 Å². The average molecular weight is 289 g/mol. The van der Waals surface area contributed by atoms with Crippen LogP contribution in [0.2, 0.25) is 5.02 Å². The summed E-state index contributed by atoms with van der Waals surface area (Å²) in [7, 11) is -2.22. The van der Waals surface area contributed by atoms with Crippen LogP contribution in [0, 0.1) is 0 Å². The number of benzene rings is 1. The maximum Gasteiger partial charge on any atom is 0.0568 e. The Balaban J connectivity index is 2.82. The van der Waals surface area contributed by atoms with Crippen molar-refractivity contribution in [3.8, 4) is 0 Å². The minimum absolute atomic E-state index is 0.405. The number of hydrogen-bond acceptors (Lipinski definition) is 3. The lowest BCUT2D eigenvalue weighted by molar-refractivity contribution is 0.671. The molecule has 1 unspecified atom stereocenters. The second-order valence-electron chi connectivity index (χ2n) is 4.24. The van der Waals surface area contributed by atoms with Gasteiger partial charge in [0.15, 0.2) is 0 Å². The Morgan fingerprint density at radius 3 is 2.56 bits per heavy atom. The van der Waals surface area contributed by atoms with Crippen molar-refractivity contribution in [3.63, 3.8) is 0 Å². The largest absolute Gasteiger partial charge is 0.330 e. The quantitative estimate of drug-likeness (QED) is 0.784. The van der Waals surface area contributed by atoms with E-state index in [-0.39, 0.29) is 0 Å². The predicted molar refractivity (Wildman–Crippen MR) is 79.4 cm³/mol. The van der Waals surface area contributed by atoms with Gasteiger partial charge < -0.3 is 5.73 Å². The zero-order valence-electron chi connectivity index (χ0n) is 10.8. The molecule has 1 aromatic carbocycles. The van der Waals surface area contributed by atoms with Gasteiger partial charge in [0.25, 0.3) is 0 Å². The van der Waals surface area contributed by atoms with Crippen LogP contribution in [-0.2, 0) is 15.5 Å². The molecular formula is C13H21ClN2OS. The van der Waals surface area contributed by atoms with Gasteiger partial charge in [-0.2, -0.15) is 0 Å². The van der Waals surface area contributed by atoms with Crippen molar-refractivity contribution in [2.45, 2.75) is 25.5 Å². The SMILES string of the molecule is CCCCN=S(=O)(CCN)Cc1ccc(Cl)cc1. The first-order chi connectivity index (χ1) is 8.59. The number of nitrogens with zero attached hydrogens (tertiary/aromatic N) is 1. The number of halogens is 1. The van der Waals surface area contributed by atoms with Crippen molar-refractivity contribution in [3.05, 3.63) is 34.9 Å². The van der Waals surface area contributed by atoms with E-state index in [1.54, 1.807) is 0 Å². The fraction of sp³-hybridized carbons (Fsp3) is 0.538. The van der Waals surface area contributed by atoms with Crippen molar-refractivity contribution in [1.82, 2.24) is 0 Å². The Morgan fingerprint density at radius 2 is 2.00 bits per heavy atom. The molecule has 0 aliphatic carbocycles. The molecule has 3 nitrogen and oxygen atoms in total. The summed E-state index contributed by atoms with van der Waals surface area (Å²) in [6, 6.07) is 7.41. The second kappa shape index (κ2) is 7.77. The summed E-state index contributed by atoms with van der Waals surface area (Å²) in [5.74, 6) is 0.921. The van der Waals surface area contributed by atoms with Crippen molar-refractivity contribution < 1.29 is 4.21 Å². The molecule has 0 aliphatic rings. The molecule has 0 heterocycles. The van der Waals surface area contributed by atoms with Crippen LogP contribution in [0.5, 0.6) is 0 Å². The molecule has 0 fully saturated rings. The van der Waals surface area contributed by atoms with E-state index in [1.807, 2.05) is 24.3 Å². The predicted octanol–water partition coefficient (Wildman–Crippen LogP) is 3.07. The van der Waals surface area contributed by atoms with Crippen LogP contribution in [-0.4, -0.2) is 23.1 Å². The van der Waals surface area contributed by atoms with Crippen molar-refractivity contribution >= 4 is 21.3 Å². The summed E-state index contributed by atoms with van der Waals surface area (Å²) in [6.07, 6.45) is 2.03. The van der Waals surface area contributed by atoms with E-state index >= 15 is 0 Å². The molecule has 0 spiro atoms. The highest BCUT2D eigenvalue weighted by Gasteiger charge is 2.09. The summed E-state index contributed by atoms with van der Waals surface area (Å²) in [4.78, 5) is 0. The molecule has 5 heteroatoms. The normalized spacial score (nSPS) is 14.2. The van der Waals surface area contributed by atoms with E-state index in [1.165, 1.54) is 0 Å².